The number of rotatable bonds is 9. The molecule has 3 atom stereocenters. The van der Waals surface area contributed by atoms with Crippen molar-refractivity contribution in [2.75, 3.05) is 6.54 Å². The van der Waals surface area contributed by atoms with E-state index >= 15 is 8.78 Å². The highest BCUT2D eigenvalue weighted by molar-refractivity contribution is 5.88. The maximum atomic E-state index is 15.6. The number of nitrogens with one attached hydrogen (secondary N) is 1. The van der Waals surface area contributed by atoms with Crippen molar-refractivity contribution in [3.8, 4) is 16.9 Å². The molecule has 0 aromatic heterocycles. The van der Waals surface area contributed by atoms with Crippen LogP contribution in [-0.4, -0.2) is 40.7 Å². The van der Waals surface area contributed by atoms with E-state index in [-0.39, 0.29) is 48.0 Å². The molecule has 2 N–H and O–H groups in total. The van der Waals surface area contributed by atoms with Gasteiger partial charge in [-0.05, 0) is 112 Å². The largest absolute Gasteiger partial charge is 0.490 e. The maximum Gasteiger partial charge on any atom is 0.313 e. The van der Waals surface area contributed by atoms with Crippen LogP contribution < -0.4 is 10.1 Å². The second-order valence-corrected chi connectivity index (χ2v) is 13.6. The Labute approximate surface area is 241 Å². The Balaban J connectivity index is 1.23. The predicted molar refractivity (Wildman–Crippen MR) is 154 cm³/mol. The van der Waals surface area contributed by atoms with E-state index in [2.05, 4.69) is 5.32 Å². The van der Waals surface area contributed by atoms with Crippen LogP contribution in [0.3, 0.4) is 0 Å². The fourth-order valence-electron chi connectivity index (χ4n) is 7.33. The smallest absolute Gasteiger partial charge is 0.313 e. The molecule has 7 heteroatoms. The second kappa shape index (κ2) is 10.5. The summed E-state index contributed by atoms with van der Waals surface area (Å²) in [7, 11) is 0. The third kappa shape index (κ3) is 5.19. The summed E-state index contributed by atoms with van der Waals surface area (Å²) < 4.78 is 37.4. The van der Waals surface area contributed by atoms with E-state index in [4.69, 9.17) is 4.74 Å². The van der Waals surface area contributed by atoms with Gasteiger partial charge < -0.3 is 15.2 Å². The molecule has 6 rings (SSSR count). The van der Waals surface area contributed by atoms with Crippen LogP contribution in [0.4, 0.5) is 8.78 Å². The lowest BCUT2D eigenvalue weighted by Gasteiger charge is -2.38. The summed E-state index contributed by atoms with van der Waals surface area (Å²) >= 11 is 0. The highest BCUT2D eigenvalue weighted by atomic mass is 19.1. The number of ether oxygens (including phenoxy) is 1. The van der Waals surface area contributed by atoms with Crippen LogP contribution in [-0.2, 0) is 15.0 Å². The molecular weight excluding hydrogens is 524 g/mol. The first-order chi connectivity index (χ1) is 19.5. The number of hydrogen-bond donors (Lipinski definition) is 2. The summed E-state index contributed by atoms with van der Waals surface area (Å²) in [6.45, 7) is 3.45. The van der Waals surface area contributed by atoms with Gasteiger partial charge in [0.25, 0.3) is 0 Å². The zero-order valence-electron chi connectivity index (χ0n) is 24.1. The number of aliphatic carboxylic acids is 1. The zero-order valence-corrected chi connectivity index (χ0v) is 24.1. The Kier molecular flexibility index (Phi) is 7.24. The highest BCUT2D eigenvalue weighted by Crippen LogP contribution is 2.47. The third-order valence-corrected chi connectivity index (χ3v) is 10.5. The Morgan fingerprint density at radius 3 is 2.49 bits per heavy atom. The number of ketones is 1. The minimum absolute atomic E-state index is 0.0615. The number of carbonyl (C=O) groups excluding carboxylic acids is 1. The van der Waals surface area contributed by atoms with Gasteiger partial charge in [-0.2, -0.15) is 0 Å². The van der Waals surface area contributed by atoms with Gasteiger partial charge in [-0.3, -0.25) is 9.59 Å². The molecule has 2 aromatic rings. The van der Waals surface area contributed by atoms with Crippen molar-refractivity contribution in [3.63, 3.8) is 0 Å². The van der Waals surface area contributed by atoms with E-state index < -0.39 is 17.1 Å². The van der Waals surface area contributed by atoms with Gasteiger partial charge in [0.2, 0.25) is 0 Å². The van der Waals surface area contributed by atoms with E-state index in [0.29, 0.717) is 35.3 Å². The van der Waals surface area contributed by atoms with Gasteiger partial charge in [0.1, 0.15) is 11.6 Å². The van der Waals surface area contributed by atoms with E-state index in [0.717, 1.165) is 56.9 Å². The van der Waals surface area contributed by atoms with Crippen LogP contribution in [0.15, 0.2) is 36.4 Å². The van der Waals surface area contributed by atoms with Gasteiger partial charge in [-0.25, -0.2) is 8.78 Å². The highest BCUT2D eigenvalue weighted by Gasteiger charge is 2.55. The van der Waals surface area contributed by atoms with Crippen molar-refractivity contribution in [2.45, 2.75) is 113 Å². The molecule has 0 radical (unpaired) electrons. The van der Waals surface area contributed by atoms with E-state index in [1.54, 1.807) is 26.0 Å². The predicted octanol–water partition coefficient (Wildman–Crippen LogP) is 7.25. The molecule has 5 nitrogen and oxygen atoms in total. The van der Waals surface area contributed by atoms with Crippen LogP contribution in [0.5, 0.6) is 5.75 Å². The monoisotopic (exact) mass is 565 g/mol. The second-order valence-electron chi connectivity index (χ2n) is 13.6. The normalized spacial score (nSPS) is 27.4. The zero-order chi connectivity index (χ0) is 29.0. The van der Waals surface area contributed by atoms with Crippen LogP contribution in [0.2, 0.25) is 0 Å². The summed E-state index contributed by atoms with van der Waals surface area (Å²) in [5, 5.41) is 13.2. The number of benzene rings is 2. The fourth-order valence-corrected chi connectivity index (χ4v) is 7.33. The average Bonchev–Trinajstić information content (AvgIpc) is 3.49. The summed E-state index contributed by atoms with van der Waals surface area (Å²) in [4.78, 5) is 25.1. The van der Waals surface area contributed by atoms with Gasteiger partial charge in [0, 0.05) is 30.5 Å². The number of carboxylic acids is 1. The molecule has 0 unspecified atom stereocenters. The van der Waals surface area contributed by atoms with E-state index in [9.17, 15) is 14.7 Å². The minimum Gasteiger partial charge on any atom is -0.490 e. The molecular formula is C34H41F2NO4. The summed E-state index contributed by atoms with van der Waals surface area (Å²) in [6.07, 6.45) is 8.46. The van der Waals surface area contributed by atoms with Crippen molar-refractivity contribution in [1.29, 1.82) is 0 Å². The SMILES string of the molecule is CC(C)(C(=O)O)c1ccc(O[C@@H]2CC[C@@H](CC(=O)[C@@]3(F)CNC4(CCC4)C3)C2)c(-c2cccc(F)c2C2CCC2)c1. The van der Waals surface area contributed by atoms with Crippen LogP contribution in [0.25, 0.3) is 11.1 Å². The topological polar surface area (TPSA) is 75.6 Å². The number of Topliss-reactive ketones (excluding diaryl/α,β-unsaturated/α-hetero) is 1. The number of carbonyl (C=O) groups is 2. The lowest BCUT2D eigenvalue weighted by atomic mass is 9.73. The molecule has 220 valence electrons. The molecule has 41 heavy (non-hydrogen) atoms. The standard InChI is InChI=1S/C34H41F2NO4/c1-32(2,31(39)40)23-11-13-28(26(18-23)25-8-4-9-27(35)30(25)22-6-3-7-22)41-24-12-10-21(16-24)17-29(38)34(36)19-33(37-20-34)14-5-15-33/h4,8-9,11,13,18,21-22,24,37H,3,5-7,10,12,14-17,19-20H2,1-2H3,(H,39,40)/t21-,24-,34+/m1/s1. The first kappa shape index (κ1) is 28.3. The number of halogens is 2. The Morgan fingerprint density at radius 2 is 1.85 bits per heavy atom. The van der Waals surface area contributed by atoms with E-state index in [1.807, 2.05) is 18.2 Å². The summed E-state index contributed by atoms with van der Waals surface area (Å²) in [5.41, 5.74) is -0.335. The molecule has 3 saturated carbocycles. The fraction of sp³-hybridized carbons (Fsp3) is 0.588. The number of alkyl halides is 1. The molecule has 4 aliphatic rings. The van der Waals surface area contributed by atoms with Crippen molar-refractivity contribution >= 4 is 11.8 Å². The first-order valence-corrected chi connectivity index (χ1v) is 15.3. The van der Waals surface area contributed by atoms with Gasteiger partial charge in [0.15, 0.2) is 11.5 Å². The molecule has 3 aliphatic carbocycles. The van der Waals surface area contributed by atoms with Crippen LogP contribution >= 0.6 is 0 Å². The van der Waals surface area contributed by atoms with Crippen molar-refractivity contribution < 1.29 is 28.2 Å². The van der Waals surface area contributed by atoms with Gasteiger partial charge in [0.05, 0.1) is 11.5 Å². The first-order valence-electron chi connectivity index (χ1n) is 15.3. The Hall–Kier alpha value is -2.80. The Morgan fingerprint density at radius 1 is 1.07 bits per heavy atom. The number of hydrogen-bond acceptors (Lipinski definition) is 4. The molecule has 1 aliphatic heterocycles. The summed E-state index contributed by atoms with van der Waals surface area (Å²) in [6, 6.07) is 10.5. The van der Waals surface area contributed by atoms with Gasteiger partial charge in [-0.1, -0.05) is 24.6 Å². The van der Waals surface area contributed by atoms with Crippen LogP contribution in [0, 0.1) is 11.7 Å². The van der Waals surface area contributed by atoms with E-state index in [1.165, 1.54) is 6.07 Å². The van der Waals surface area contributed by atoms with Gasteiger partial charge in [-0.15, -0.1) is 0 Å². The molecule has 1 saturated heterocycles. The molecule has 4 fully saturated rings. The molecule has 0 bridgehead atoms. The third-order valence-electron chi connectivity index (χ3n) is 10.5. The van der Waals surface area contributed by atoms with Gasteiger partial charge >= 0.3 is 5.97 Å². The molecule has 0 amide bonds. The molecule has 2 aromatic carbocycles. The lowest BCUT2D eigenvalue weighted by molar-refractivity contribution is -0.142. The lowest BCUT2D eigenvalue weighted by Crippen LogP contribution is -2.46. The maximum absolute atomic E-state index is 15.6. The quantitative estimate of drug-likeness (QED) is 0.335. The Bertz CT molecular complexity index is 1350. The summed E-state index contributed by atoms with van der Waals surface area (Å²) in [5.74, 6) is -0.686. The van der Waals surface area contributed by atoms with Crippen LogP contribution in [0.1, 0.15) is 102 Å². The van der Waals surface area contributed by atoms with Crippen molar-refractivity contribution in [2.24, 2.45) is 5.92 Å². The average molecular weight is 566 g/mol. The van der Waals surface area contributed by atoms with Crippen molar-refractivity contribution in [1.82, 2.24) is 5.32 Å². The number of carboxylic acid groups (broad SMARTS) is 1. The van der Waals surface area contributed by atoms with Crippen molar-refractivity contribution in [3.05, 3.63) is 53.3 Å². The minimum atomic E-state index is -1.77. The molecule has 1 heterocycles. The molecule has 1 spiro atoms.